The van der Waals surface area contributed by atoms with Crippen molar-refractivity contribution >= 4 is 0 Å². The van der Waals surface area contributed by atoms with Crippen LogP contribution in [0.1, 0.15) is 45.1 Å². The molecule has 0 aromatic carbocycles. The van der Waals surface area contributed by atoms with Crippen molar-refractivity contribution in [3.8, 4) is 0 Å². The SMILES string of the molecule is CCCC(C)CNCc1cc(CC)no1. The molecule has 0 amide bonds. The molecule has 86 valence electrons. The minimum absolute atomic E-state index is 0.739. The summed E-state index contributed by atoms with van der Waals surface area (Å²) in [6.45, 7) is 8.42. The van der Waals surface area contributed by atoms with E-state index < -0.39 is 0 Å². The van der Waals surface area contributed by atoms with Crippen LogP contribution < -0.4 is 5.32 Å². The molecule has 0 spiro atoms. The molecule has 3 heteroatoms. The summed E-state index contributed by atoms with van der Waals surface area (Å²) in [5, 5.41) is 7.34. The fourth-order valence-electron chi connectivity index (χ4n) is 1.64. The average Bonchev–Trinajstić information content (AvgIpc) is 2.66. The number of nitrogens with zero attached hydrogens (tertiary/aromatic N) is 1. The summed E-state index contributed by atoms with van der Waals surface area (Å²) in [6, 6.07) is 2.03. The van der Waals surface area contributed by atoms with Gasteiger partial charge >= 0.3 is 0 Å². The van der Waals surface area contributed by atoms with Crippen LogP contribution in [0.3, 0.4) is 0 Å². The monoisotopic (exact) mass is 210 g/mol. The zero-order chi connectivity index (χ0) is 11.1. The van der Waals surface area contributed by atoms with Crippen LogP contribution in [-0.4, -0.2) is 11.7 Å². The van der Waals surface area contributed by atoms with Gasteiger partial charge in [-0.3, -0.25) is 0 Å². The third kappa shape index (κ3) is 4.47. The zero-order valence-electron chi connectivity index (χ0n) is 10.0. The molecule has 15 heavy (non-hydrogen) atoms. The molecule has 0 saturated heterocycles. The van der Waals surface area contributed by atoms with Gasteiger partial charge < -0.3 is 9.84 Å². The Hall–Kier alpha value is -0.830. The maximum Gasteiger partial charge on any atom is 0.150 e. The van der Waals surface area contributed by atoms with E-state index >= 15 is 0 Å². The third-order valence-electron chi connectivity index (χ3n) is 2.54. The standard InChI is InChI=1S/C12H22N2O/c1-4-6-10(3)8-13-9-12-7-11(5-2)14-15-12/h7,10,13H,4-6,8-9H2,1-3H3. The zero-order valence-corrected chi connectivity index (χ0v) is 10.0. The highest BCUT2D eigenvalue weighted by Crippen LogP contribution is 2.05. The fourth-order valence-corrected chi connectivity index (χ4v) is 1.64. The number of aromatic nitrogens is 1. The summed E-state index contributed by atoms with van der Waals surface area (Å²) >= 11 is 0. The van der Waals surface area contributed by atoms with Crippen molar-refractivity contribution in [2.45, 2.75) is 46.6 Å². The van der Waals surface area contributed by atoms with Crippen LogP contribution in [0.15, 0.2) is 10.6 Å². The van der Waals surface area contributed by atoms with Gasteiger partial charge in [0.05, 0.1) is 12.2 Å². The summed E-state index contributed by atoms with van der Waals surface area (Å²) in [6.07, 6.45) is 3.48. The normalized spacial score (nSPS) is 13.0. The molecule has 0 fully saturated rings. The molecule has 1 rings (SSSR count). The lowest BCUT2D eigenvalue weighted by Gasteiger charge is -2.09. The first-order valence-electron chi connectivity index (χ1n) is 5.91. The van der Waals surface area contributed by atoms with Crippen LogP contribution >= 0.6 is 0 Å². The van der Waals surface area contributed by atoms with Gasteiger partial charge in [0.15, 0.2) is 5.76 Å². The van der Waals surface area contributed by atoms with E-state index in [0.29, 0.717) is 0 Å². The number of nitrogens with one attached hydrogen (secondary N) is 1. The molecule has 0 aliphatic rings. The van der Waals surface area contributed by atoms with E-state index in [4.69, 9.17) is 4.52 Å². The highest BCUT2D eigenvalue weighted by Gasteiger charge is 2.03. The van der Waals surface area contributed by atoms with E-state index in [0.717, 1.165) is 36.9 Å². The third-order valence-corrected chi connectivity index (χ3v) is 2.54. The Morgan fingerprint density at radius 3 is 2.87 bits per heavy atom. The van der Waals surface area contributed by atoms with E-state index in [2.05, 4.69) is 31.2 Å². The largest absolute Gasteiger partial charge is 0.360 e. The molecule has 0 bridgehead atoms. The van der Waals surface area contributed by atoms with Crippen LogP contribution in [0.25, 0.3) is 0 Å². The van der Waals surface area contributed by atoms with Crippen molar-refractivity contribution in [1.82, 2.24) is 10.5 Å². The van der Waals surface area contributed by atoms with E-state index in [9.17, 15) is 0 Å². The molecule has 1 aromatic rings. The van der Waals surface area contributed by atoms with Crippen LogP contribution in [0.5, 0.6) is 0 Å². The predicted molar refractivity (Wildman–Crippen MR) is 61.7 cm³/mol. The number of rotatable bonds is 7. The van der Waals surface area contributed by atoms with Gasteiger partial charge in [0, 0.05) is 6.07 Å². The second-order valence-corrected chi connectivity index (χ2v) is 4.16. The van der Waals surface area contributed by atoms with Crippen LogP contribution in [0.2, 0.25) is 0 Å². The van der Waals surface area contributed by atoms with Crippen molar-refractivity contribution in [1.29, 1.82) is 0 Å². The first-order chi connectivity index (χ1) is 7.26. The Bertz CT molecular complexity index is 270. The number of hydrogen-bond donors (Lipinski definition) is 1. The van der Waals surface area contributed by atoms with Crippen LogP contribution in [0, 0.1) is 5.92 Å². The maximum absolute atomic E-state index is 5.18. The molecule has 1 atom stereocenters. The van der Waals surface area contributed by atoms with Gasteiger partial charge in [0.2, 0.25) is 0 Å². The number of aryl methyl sites for hydroxylation is 1. The highest BCUT2D eigenvalue weighted by atomic mass is 16.5. The molecular formula is C12H22N2O. The Morgan fingerprint density at radius 2 is 2.27 bits per heavy atom. The molecule has 1 heterocycles. The molecule has 3 nitrogen and oxygen atoms in total. The van der Waals surface area contributed by atoms with Gasteiger partial charge in [-0.05, 0) is 25.3 Å². The lowest BCUT2D eigenvalue weighted by molar-refractivity contribution is 0.361. The minimum atomic E-state index is 0.739. The fraction of sp³-hybridized carbons (Fsp3) is 0.750. The van der Waals surface area contributed by atoms with Gasteiger partial charge in [-0.2, -0.15) is 0 Å². The maximum atomic E-state index is 5.18. The molecular weight excluding hydrogens is 188 g/mol. The lowest BCUT2D eigenvalue weighted by atomic mass is 10.1. The second kappa shape index (κ2) is 6.62. The quantitative estimate of drug-likeness (QED) is 0.752. The van der Waals surface area contributed by atoms with Crippen LogP contribution in [0.4, 0.5) is 0 Å². The van der Waals surface area contributed by atoms with E-state index in [1.54, 1.807) is 0 Å². The molecule has 0 aliphatic carbocycles. The van der Waals surface area contributed by atoms with E-state index in [-0.39, 0.29) is 0 Å². The molecule has 0 saturated carbocycles. The minimum Gasteiger partial charge on any atom is -0.360 e. The van der Waals surface area contributed by atoms with Crippen LogP contribution in [-0.2, 0) is 13.0 Å². The van der Waals surface area contributed by atoms with Gasteiger partial charge in [0.25, 0.3) is 0 Å². The molecule has 1 aromatic heterocycles. The van der Waals surface area contributed by atoms with E-state index in [1.165, 1.54) is 12.8 Å². The highest BCUT2D eigenvalue weighted by molar-refractivity contribution is 5.04. The Labute approximate surface area is 92.2 Å². The van der Waals surface area contributed by atoms with Gasteiger partial charge in [-0.15, -0.1) is 0 Å². The Balaban J connectivity index is 2.19. The molecule has 0 radical (unpaired) electrons. The Morgan fingerprint density at radius 1 is 1.47 bits per heavy atom. The van der Waals surface area contributed by atoms with Crippen molar-refractivity contribution in [3.05, 3.63) is 17.5 Å². The first kappa shape index (κ1) is 12.2. The first-order valence-corrected chi connectivity index (χ1v) is 5.91. The Kier molecular flexibility index (Phi) is 5.40. The summed E-state index contributed by atoms with van der Waals surface area (Å²) < 4.78 is 5.18. The summed E-state index contributed by atoms with van der Waals surface area (Å²) in [4.78, 5) is 0. The lowest BCUT2D eigenvalue weighted by Crippen LogP contribution is -2.20. The van der Waals surface area contributed by atoms with Gasteiger partial charge in [-0.25, -0.2) is 0 Å². The molecule has 0 aliphatic heterocycles. The number of hydrogen-bond acceptors (Lipinski definition) is 3. The summed E-state index contributed by atoms with van der Waals surface area (Å²) in [7, 11) is 0. The van der Waals surface area contributed by atoms with Gasteiger partial charge in [-0.1, -0.05) is 32.3 Å². The van der Waals surface area contributed by atoms with Gasteiger partial charge in [0.1, 0.15) is 0 Å². The van der Waals surface area contributed by atoms with Crippen molar-refractivity contribution in [3.63, 3.8) is 0 Å². The smallest absolute Gasteiger partial charge is 0.150 e. The van der Waals surface area contributed by atoms with Crippen molar-refractivity contribution in [2.75, 3.05) is 6.54 Å². The topological polar surface area (TPSA) is 38.1 Å². The van der Waals surface area contributed by atoms with E-state index in [1.807, 2.05) is 6.07 Å². The second-order valence-electron chi connectivity index (χ2n) is 4.16. The summed E-state index contributed by atoms with van der Waals surface area (Å²) in [5.74, 6) is 1.68. The molecule has 1 N–H and O–H groups in total. The molecule has 1 unspecified atom stereocenters. The van der Waals surface area contributed by atoms with Crippen molar-refractivity contribution in [2.24, 2.45) is 5.92 Å². The van der Waals surface area contributed by atoms with Crippen molar-refractivity contribution < 1.29 is 4.52 Å². The summed E-state index contributed by atoms with van der Waals surface area (Å²) in [5.41, 5.74) is 1.04. The average molecular weight is 210 g/mol. The predicted octanol–water partition coefficient (Wildman–Crippen LogP) is 2.76.